The summed E-state index contributed by atoms with van der Waals surface area (Å²) in [6, 6.07) is 24.1. The summed E-state index contributed by atoms with van der Waals surface area (Å²) in [5.41, 5.74) is 5.94. The Hall–Kier alpha value is -3.29. The zero-order chi connectivity index (χ0) is 22.9. The molecule has 5 aromatic rings. The van der Waals surface area contributed by atoms with Crippen LogP contribution < -0.4 is 21.5 Å². The lowest BCUT2D eigenvalue weighted by atomic mass is 10.0. The van der Waals surface area contributed by atoms with Gasteiger partial charge >= 0.3 is 0 Å². The van der Waals surface area contributed by atoms with Crippen molar-refractivity contribution >= 4 is 50.3 Å². The largest absolute Gasteiger partial charge is 1.00 e. The van der Waals surface area contributed by atoms with Gasteiger partial charge in [-0.25, -0.2) is 0 Å². The number of aryl methyl sites for hydroxylation is 2. The molecule has 0 aliphatic rings. The van der Waals surface area contributed by atoms with E-state index in [1.54, 1.807) is 23.5 Å². The number of rotatable bonds is 6. The minimum absolute atomic E-state index is 0. The topological polar surface area (TPSA) is 51.9 Å². The van der Waals surface area contributed by atoms with Crippen molar-refractivity contribution in [2.75, 3.05) is 0 Å². The van der Waals surface area contributed by atoms with E-state index in [0.717, 1.165) is 28.3 Å². The number of non-ortho nitro benzene ring substituents is 1. The second kappa shape index (κ2) is 9.91. The summed E-state index contributed by atoms with van der Waals surface area (Å²) >= 11 is 1.58. The molecule has 2 heterocycles. The summed E-state index contributed by atoms with van der Waals surface area (Å²) in [7, 11) is 0. The molecule has 7 heteroatoms. The van der Waals surface area contributed by atoms with Crippen LogP contribution in [0.15, 0.2) is 72.8 Å². The number of nitro benzene ring substituents is 1. The van der Waals surface area contributed by atoms with Gasteiger partial charge in [-0.3, -0.25) is 10.1 Å². The third kappa shape index (κ3) is 4.06. The van der Waals surface area contributed by atoms with Crippen LogP contribution in [0.4, 0.5) is 5.69 Å². The SMILES string of the molecule is CCn1c(-c2ccccc2)c(/C=C/c2sc3cc([N+](=O)[O-])ccc3[n+]2CC)c2ccccc21.[Br-]. The highest BCUT2D eigenvalue weighted by molar-refractivity contribution is 7.18. The van der Waals surface area contributed by atoms with Crippen LogP contribution in [0, 0.1) is 10.1 Å². The van der Waals surface area contributed by atoms with E-state index in [9.17, 15) is 10.1 Å². The highest BCUT2D eigenvalue weighted by Crippen LogP contribution is 2.35. The van der Waals surface area contributed by atoms with Crippen LogP contribution in [0.25, 0.3) is 44.5 Å². The Bertz CT molecular complexity index is 1520. The Kier molecular flexibility index (Phi) is 6.95. The predicted octanol–water partition coefficient (Wildman–Crippen LogP) is 3.93. The standard InChI is InChI=1S/C27H24N3O2S.BrH/c1-3-28-24-16-14-20(30(31)32)18-25(24)33-26(28)17-15-22-21-12-8-9-13-23(21)29(4-2)27(22)19-10-6-5-7-11-19;/h5-18H,3-4H2,1-2H3;1H/q+1;/p-1. The zero-order valence-corrected chi connectivity index (χ0v) is 21.3. The molecule has 0 atom stereocenters. The lowest BCUT2D eigenvalue weighted by molar-refractivity contribution is -0.665. The van der Waals surface area contributed by atoms with Gasteiger partial charge in [-0.1, -0.05) is 59.9 Å². The monoisotopic (exact) mass is 533 g/mol. The van der Waals surface area contributed by atoms with Crippen molar-refractivity contribution in [3.05, 3.63) is 93.5 Å². The fraction of sp³-hybridized carbons (Fsp3) is 0.148. The normalized spacial score (nSPS) is 11.4. The molecule has 34 heavy (non-hydrogen) atoms. The number of thiazole rings is 1. The Morgan fingerprint density at radius 1 is 1.00 bits per heavy atom. The molecule has 0 N–H and O–H groups in total. The first-order valence-electron chi connectivity index (χ1n) is 11.1. The maximum absolute atomic E-state index is 11.2. The van der Waals surface area contributed by atoms with Gasteiger partial charge in [0.05, 0.1) is 10.6 Å². The molecule has 0 spiro atoms. The molecule has 0 radical (unpaired) electrons. The number of nitrogens with zero attached hydrogens (tertiary/aromatic N) is 3. The number of hydrogen-bond acceptors (Lipinski definition) is 3. The van der Waals surface area contributed by atoms with E-state index in [0.29, 0.717) is 0 Å². The van der Waals surface area contributed by atoms with E-state index in [-0.39, 0.29) is 27.6 Å². The van der Waals surface area contributed by atoms with Gasteiger partial charge in [-0.2, -0.15) is 4.57 Å². The lowest BCUT2D eigenvalue weighted by Crippen LogP contribution is -3.00. The number of nitro groups is 1. The second-order valence-corrected chi connectivity index (χ2v) is 8.88. The Balaban J connectivity index is 0.00000274. The number of hydrogen-bond donors (Lipinski definition) is 0. The highest BCUT2D eigenvalue weighted by atomic mass is 79.9. The summed E-state index contributed by atoms with van der Waals surface area (Å²) in [6.07, 6.45) is 4.34. The Morgan fingerprint density at radius 2 is 1.74 bits per heavy atom. The van der Waals surface area contributed by atoms with Crippen molar-refractivity contribution in [2.24, 2.45) is 0 Å². The summed E-state index contributed by atoms with van der Waals surface area (Å²) in [4.78, 5) is 10.9. The predicted molar refractivity (Wildman–Crippen MR) is 136 cm³/mol. The smallest absolute Gasteiger partial charge is 0.271 e. The molecular formula is C27H24BrN3O2S. The molecule has 0 fully saturated rings. The number of halogens is 1. The molecule has 5 rings (SSSR count). The molecule has 3 aromatic carbocycles. The quantitative estimate of drug-likeness (QED) is 0.188. The van der Waals surface area contributed by atoms with Gasteiger partial charge in [0.25, 0.3) is 10.7 Å². The van der Waals surface area contributed by atoms with Crippen LogP contribution in [0.2, 0.25) is 0 Å². The number of benzene rings is 3. The number of para-hydroxylation sites is 1. The van der Waals surface area contributed by atoms with Gasteiger partial charge in [0.15, 0.2) is 0 Å². The average molecular weight is 534 g/mol. The molecule has 0 unspecified atom stereocenters. The third-order valence-corrected chi connectivity index (χ3v) is 7.12. The molecule has 0 saturated heterocycles. The zero-order valence-electron chi connectivity index (χ0n) is 18.9. The van der Waals surface area contributed by atoms with Crippen LogP contribution in [0.3, 0.4) is 0 Å². The van der Waals surface area contributed by atoms with Crippen molar-refractivity contribution in [3.63, 3.8) is 0 Å². The van der Waals surface area contributed by atoms with Gasteiger partial charge in [0.1, 0.15) is 11.2 Å². The first-order valence-corrected chi connectivity index (χ1v) is 11.9. The van der Waals surface area contributed by atoms with Crippen LogP contribution in [-0.2, 0) is 13.1 Å². The summed E-state index contributed by atoms with van der Waals surface area (Å²) in [5.74, 6) is 0. The molecular weight excluding hydrogens is 510 g/mol. The molecule has 0 saturated carbocycles. The molecule has 2 aromatic heterocycles. The van der Waals surface area contributed by atoms with E-state index >= 15 is 0 Å². The van der Waals surface area contributed by atoms with Crippen LogP contribution in [0.1, 0.15) is 24.4 Å². The van der Waals surface area contributed by atoms with Crippen LogP contribution >= 0.6 is 11.3 Å². The van der Waals surface area contributed by atoms with Gasteiger partial charge in [-0.15, -0.1) is 0 Å². The Morgan fingerprint density at radius 3 is 2.44 bits per heavy atom. The highest BCUT2D eigenvalue weighted by Gasteiger charge is 2.21. The number of aromatic nitrogens is 2. The van der Waals surface area contributed by atoms with Crippen molar-refractivity contribution in [3.8, 4) is 11.3 Å². The van der Waals surface area contributed by atoms with Crippen LogP contribution in [-0.4, -0.2) is 9.49 Å². The lowest BCUT2D eigenvalue weighted by Gasteiger charge is -2.09. The summed E-state index contributed by atoms with van der Waals surface area (Å²) in [6.45, 7) is 5.94. The molecule has 172 valence electrons. The summed E-state index contributed by atoms with van der Waals surface area (Å²) in [5, 5.41) is 13.5. The van der Waals surface area contributed by atoms with Crippen molar-refractivity contribution in [2.45, 2.75) is 26.9 Å². The molecule has 0 amide bonds. The second-order valence-electron chi connectivity index (χ2n) is 7.82. The maximum atomic E-state index is 11.2. The number of fused-ring (bicyclic) bond motifs is 2. The average Bonchev–Trinajstić information content (AvgIpc) is 3.37. The molecule has 0 bridgehead atoms. The first-order chi connectivity index (χ1) is 16.1. The third-order valence-electron chi connectivity index (χ3n) is 6.01. The van der Waals surface area contributed by atoms with E-state index in [1.807, 2.05) is 12.1 Å². The maximum Gasteiger partial charge on any atom is 0.271 e. The van der Waals surface area contributed by atoms with Crippen molar-refractivity contribution in [1.29, 1.82) is 0 Å². The fourth-order valence-corrected chi connectivity index (χ4v) is 5.71. The van der Waals surface area contributed by atoms with E-state index < -0.39 is 0 Å². The van der Waals surface area contributed by atoms with Gasteiger partial charge in [-0.05, 0) is 31.6 Å². The van der Waals surface area contributed by atoms with Crippen molar-refractivity contribution in [1.82, 2.24) is 4.57 Å². The Labute approximate surface area is 212 Å². The minimum atomic E-state index is -0.337. The van der Waals surface area contributed by atoms with Gasteiger partial charge in [0.2, 0.25) is 5.52 Å². The fourth-order valence-electron chi connectivity index (χ4n) is 4.55. The molecule has 0 aliphatic carbocycles. The van der Waals surface area contributed by atoms with Crippen molar-refractivity contribution < 1.29 is 26.5 Å². The first kappa shape index (κ1) is 23.9. The molecule has 0 aliphatic heterocycles. The van der Waals surface area contributed by atoms with E-state index in [1.165, 1.54) is 27.7 Å². The van der Waals surface area contributed by atoms with Gasteiger partial charge < -0.3 is 21.5 Å². The molecule has 5 nitrogen and oxygen atoms in total. The van der Waals surface area contributed by atoms with Gasteiger partial charge in [0, 0.05) is 47.3 Å². The van der Waals surface area contributed by atoms with Crippen LogP contribution in [0.5, 0.6) is 0 Å². The van der Waals surface area contributed by atoms with E-state index in [2.05, 4.69) is 83.7 Å². The van der Waals surface area contributed by atoms with E-state index in [4.69, 9.17) is 0 Å². The summed E-state index contributed by atoms with van der Waals surface area (Å²) < 4.78 is 5.50. The minimum Gasteiger partial charge on any atom is -1.00 e.